The molecule has 1 aromatic rings. The molecule has 1 saturated heterocycles. The average Bonchev–Trinajstić information content (AvgIpc) is 2.63. The minimum atomic E-state index is 0.250. The number of hydrogen-bond acceptors (Lipinski definition) is 1. The molecular weight excluding hydrogens is 310 g/mol. The molecule has 0 aliphatic carbocycles. The van der Waals surface area contributed by atoms with E-state index in [-0.39, 0.29) is 5.41 Å². The zero-order valence-electron chi connectivity index (χ0n) is 13.2. The van der Waals surface area contributed by atoms with E-state index >= 15 is 0 Å². The molecule has 0 N–H and O–H groups in total. The van der Waals surface area contributed by atoms with Gasteiger partial charge in [-0.05, 0) is 35.9 Å². The van der Waals surface area contributed by atoms with Gasteiger partial charge in [0.15, 0.2) is 0 Å². The monoisotopic (exact) mass is 337 g/mol. The van der Waals surface area contributed by atoms with Crippen LogP contribution in [0.3, 0.4) is 0 Å². The molecule has 0 saturated carbocycles. The largest absolute Gasteiger partial charge is 0.295 e. The lowest BCUT2D eigenvalue weighted by atomic mass is 9.87. The van der Waals surface area contributed by atoms with E-state index in [4.69, 9.17) is 0 Å². The summed E-state index contributed by atoms with van der Waals surface area (Å²) in [5.74, 6) is 0. The number of nitrogens with zero attached hydrogens (tertiary/aromatic N) is 1. The molecule has 2 rings (SSSR count). The highest BCUT2D eigenvalue weighted by molar-refractivity contribution is 9.09. The van der Waals surface area contributed by atoms with Gasteiger partial charge in [0, 0.05) is 17.9 Å². The van der Waals surface area contributed by atoms with E-state index in [0.29, 0.717) is 6.04 Å². The maximum atomic E-state index is 3.70. The molecular formula is C18H28BrN. The average molecular weight is 338 g/mol. The Kier molecular flexibility index (Phi) is 5.68. The minimum absolute atomic E-state index is 0.250. The van der Waals surface area contributed by atoms with Crippen LogP contribution in [-0.2, 0) is 12.0 Å². The quantitative estimate of drug-likeness (QED) is 0.691. The zero-order valence-corrected chi connectivity index (χ0v) is 14.7. The van der Waals surface area contributed by atoms with Crippen molar-refractivity contribution in [2.45, 2.75) is 64.5 Å². The minimum Gasteiger partial charge on any atom is -0.295 e. The van der Waals surface area contributed by atoms with Crippen LogP contribution in [0.5, 0.6) is 0 Å². The van der Waals surface area contributed by atoms with Crippen LogP contribution in [0.1, 0.15) is 57.6 Å². The van der Waals surface area contributed by atoms with Crippen molar-refractivity contribution in [1.29, 1.82) is 0 Å². The third-order valence-electron chi connectivity index (χ3n) is 4.38. The Bertz CT molecular complexity index is 404. The molecule has 0 bridgehead atoms. The van der Waals surface area contributed by atoms with Crippen molar-refractivity contribution in [3.05, 3.63) is 35.4 Å². The fourth-order valence-corrected chi connectivity index (χ4v) is 3.70. The summed E-state index contributed by atoms with van der Waals surface area (Å²) >= 11 is 3.70. The molecule has 0 radical (unpaired) electrons. The van der Waals surface area contributed by atoms with Crippen molar-refractivity contribution < 1.29 is 0 Å². The topological polar surface area (TPSA) is 3.24 Å². The first kappa shape index (κ1) is 16.0. The number of likely N-dealkylation sites (tertiary alicyclic amines) is 1. The highest BCUT2D eigenvalue weighted by Gasteiger charge is 2.20. The summed E-state index contributed by atoms with van der Waals surface area (Å²) < 4.78 is 0. The molecule has 112 valence electrons. The molecule has 1 unspecified atom stereocenters. The lowest BCUT2D eigenvalue weighted by Crippen LogP contribution is -2.35. The Balaban J connectivity index is 2.04. The van der Waals surface area contributed by atoms with Gasteiger partial charge in [-0.1, -0.05) is 73.8 Å². The summed E-state index contributed by atoms with van der Waals surface area (Å²) in [6, 6.07) is 9.94. The van der Waals surface area contributed by atoms with E-state index in [1.165, 1.54) is 43.4 Å². The number of benzene rings is 1. The van der Waals surface area contributed by atoms with Gasteiger partial charge in [-0.3, -0.25) is 4.90 Å². The molecule has 1 aromatic carbocycles. The molecule has 1 fully saturated rings. The fraction of sp³-hybridized carbons (Fsp3) is 0.667. The second-order valence-electron chi connectivity index (χ2n) is 7.07. The molecule has 20 heavy (non-hydrogen) atoms. The molecule has 0 aromatic heterocycles. The van der Waals surface area contributed by atoms with Gasteiger partial charge >= 0.3 is 0 Å². The first-order chi connectivity index (χ1) is 9.50. The van der Waals surface area contributed by atoms with Gasteiger partial charge in [-0.25, -0.2) is 0 Å². The Labute approximate surface area is 132 Å². The van der Waals surface area contributed by atoms with Gasteiger partial charge in [0.2, 0.25) is 0 Å². The Morgan fingerprint density at radius 2 is 1.80 bits per heavy atom. The standard InChI is InChI=1S/C18H28BrN/c1-18(2,3)16-10-8-15(9-11-16)14-20-12-6-4-5-7-17(20)13-19/h8-11,17H,4-7,12-14H2,1-3H3. The third kappa shape index (κ3) is 4.33. The van der Waals surface area contributed by atoms with Crippen molar-refractivity contribution in [1.82, 2.24) is 4.90 Å². The third-order valence-corrected chi connectivity index (χ3v) is 5.13. The molecule has 1 atom stereocenters. The van der Waals surface area contributed by atoms with Crippen LogP contribution < -0.4 is 0 Å². The van der Waals surface area contributed by atoms with E-state index in [1.807, 2.05) is 0 Å². The smallest absolute Gasteiger partial charge is 0.0237 e. The Morgan fingerprint density at radius 3 is 2.40 bits per heavy atom. The first-order valence-corrected chi connectivity index (χ1v) is 9.02. The summed E-state index contributed by atoms with van der Waals surface area (Å²) in [5, 5.41) is 1.10. The second-order valence-corrected chi connectivity index (χ2v) is 7.72. The van der Waals surface area contributed by atoms with Gasteiger partial charge in [0.05, 0.1) is 0 Å². The predicted octanol–water partition coefficient (Wildman–Crippen LogP) is 5.12. The molecule has 1 nitrogen and oxygen atoms in total. The van der Waals surface area contributed by atoms with Crippen LogP contribution in [0.4, 0.5) is 0 Å². The molecule has 0 spiro atoms. The summed E-state index contributed by atoms with van der Waals surface area (Å²) in [7, 11) is 0. The number of alkyl halides is 1. The summed E-state index contributed by atoms with van der Waals surface area (Å²) in [6.45, 7) is 9.17. The van der Waals surface area contributed by atoms with Gasteiger partial charge in [0.1, 0.15) is 0 Å². The van der Waals surface area contributed by atoms with Crippen molar-refractivity contribution in [3.63, 3.8) is 0 Å². The van der Waals surface area contributed by atoms with Crippen LogP contribution in [0, 0.1) is 0 Å². The highest BCUT2D eigenvalue weighted by Crippen LogP contribution is 2.24. The summed E-state index contributed by atoms with van der Waals surface area (Å²) in [5.41, 5.74) is 3.12. The first-order valence-electron chi connectivity index (χ1n) is 7.90. The van der Waals surface area contributed by atoms with E-state index < -0.39 is 0 Å². The normalized spacial score (nSPS) is 21.7. The van der Waals surface area contributed by atoms with Gasteiger partial charge in [-0.15, -0.1) is 0 Å². The zero-order chi connectivity index (χ0) is 14.6. The molecule has 1 heterocycles. The van der Waals surface area contributed by atoms with Gasteiger partial charge < -0.3 is 0 Å². The maximum absolute atomic E-state index is 3.70. The lowest BCUT2D eigenvalue weighted by Gasteiger charge is -2.29. The van der Waals surface area contributed by atoms with Crippen LogP contribution in [0.25, 0.3) is 0 Å². The van der Waals surface area contributed by atoms with E-state index in [1.54, 1.807) is 0 Å². The van der Waals surface area contributed by atoms with Crippen LogP contribution in [-0.4, -0.2) is 22.8 Å². The predicted molar refractivity (Wildman–Crippen MR) is 91.6 cm³/mol. The Hall–Kier alpha value is -0.340. The van der Waals surface area contributed by atoms with Crippen LogP contribution >= 0.6 is 15.9 Å². The summed E-state index contributed by atoms with van der Waals surface area (Å²) in [4.78, 5) is 2.66. The van der Waals surface area contributed by atoms with Crippen LogP contribution in [0.2, 0.25) is 0 Å². The van der Waals surface area contributed by atoms with Crippen molar-refractivity contribution in [3.8, 4) is 0 Å². The number of hydrogen-bond donors (Lipinski definition) is 0. The van der Waals surface area contributed by atoms with Gasteiger partial charge in [0.25, 0.3) is 0 Å². The van der Waals surface area contributed by atoms with Crippen molar-refractivity contribution in [2.24, 2.45) is 0 Å². The lowest BCUT2D eigenvalue weighted by molar-refractivity contribution is 0.209. The number of halogens is 1. The molecule has 0 amide bonds. The van der Waals surface area contributed by atoms with Crippen molar-refractivity contribution >= 4 is 15.9 Å². The summed E-state index contributed by atoms with van der Waals surface area (Å²) in [6.07, 6.45) is 5.47. The van der Waals surface area contributed by atoms with Crippen LogP contribution in [0.15, 0.2) is 24.3 Å². The van der Waals surface area contributed by atoms with E-state index in [2.05, 4.69) is 65.9 Å². The maximum Gasteiger partial charge on any atom is 0.0237 e. The van der Waals surface area contributed by atoms with Gasteiger partial charge in [-0.2, -0.15) is 0 Å². The second kappa shape index (κ2) is 7.09. The molecule has 2 heteroatoms. The molecule has 1 aliphatic heterocycles. The number of rotatable bonds is 3. The van der Waals surface area contributed by atoms with E-state index in [0.717, 1.165) is 11.9 Å². The SMILES string of the molecule is CC(C)(C)c1ccc(CN2CCCCCC2CBr)cc1. The van der Waals surface area contributed by atoms with Crippen molar-refractivity contribution in [2.75, 3.05) is 11.9 Å². The molecule has 1 aliphatic rings. The van der Waals surface area contributed by atoms with E-state index in [9.17, 15) is 0 Å². The fourth-order valence-electron chi connectivity index (χ4n) is 2.96. The highest BCUT2D eigenvalue weighted by atomic mass is 79.9. The Morgan fingerprint density at radius 1 is 1.10 bits per heavy atom.